The molecule has 32 heavy (non-hydrogen) atoms. The molecule has 0 aliphatic heterocycles. The molecule has 0 saturated heterocycles. The molecule has 1 atom stereocenters. The number of para-hydroxylation sites is 1. The van der Waals surface area contributed by atoms with Crippen LogP contribution in [-0.2, 0) is 11.3 Å². The Hall–Kier alpha value is -3.29. The highest BCUT2D eigenvalue weighted by Gasteiger charge is 2.36. The van der Waals surface area contributed by atoms with Gasteiger partial charge >= 0.3 is 0 Å². The smallest absolute Gasteiger partial charge is 0.273 e. The lowest BCUT2D eigenvalue weighted by Gasteiger charge is -2.30. The molecule has 8 heteroatoms. The van der Waals surface area contributed by atoms with E-state index in [0.29, 0.717) is 10.9 Å². The lowest BCUT2D eigenvalue weighted by molar-refractivity contribution is -0.125. The van der Waals surface area contributed by atoms with Crippen LogP contribution in [0.4, 0.5) is 8.78 Å². The van der Waals surface area contributed by atoms with Crippen molar-refractivity contribution in [1.82, 2.24) is 20.4 Å². The summed E-state index contributed by atoms with van der Waals surface area (Å²) in [5.41, 5.74) is 0.390. The molecule has 3 aromatic rings. The monoisotopic (exact) mass is 440 g/mol. The number of benzene rings is 2. The fourth-order valence-electron chi connectivity index (χ4n) is 3.63. The third-order valence-corrected chi connectivity index (χ3v) is 5.51. The zero-order valence-corrected chi connectivity index (χ0v) is 18.3. The van der Waals surface area contributed by atoms with Crippen molar-refractivity contribution >= 4 is 22.7 Å². The van der Waals surface area contributed by atoms with Gasteiger partial charge in [-0.05, 0) is 42.0 Å². The molecule has 1 aliphatic rings. The summed E-state index contributed by atoms with van der Waals surface area (Å²) in [7, 11) is 0. The SMILES string of the molecule is CC(C)(C)[C@H](NC(=O)c1nn(Cc2ccc(F)cc2)c2c(F)cccc12)C(=O)NC1CC1. The van der Waals surface area contributed by atoms with E-state index < -0.39 is 23.2 Å². The second kappa shape index (κ2) is 8.33. The van der Waals surface area contributed by atoms with Crippen molar-refractivity contribution in [2.75, 3.05) is 0 Å². The Morgan fingerprint density at radius 2 is 1.81 bits per heavy atom. The van der Waals surface area contributed by atoms with Crippen LogP contribution in [0.15, 0.2) is 42.5 Å². The molecule has 1 fully saturated rings. The van der Waals surface area contributed by atoms with Gasteiger partial charge < -0.3 is 10.6 Å². The minimum Gasteiger partial charge on any atom is -0.352 e. The number of hydrogen-bond acceptors (Lipinski definition) is 3. The van der Waals surface area contributed by atoms with Gasteiger partial charge in [0.25, 0.3) is 5.91 Å². The quantitative estimate of drug-likeness (QED) is 0.613. The van der Waals surface area contributed by atoms with Crippen molar-refractivity contribution in [3.8, 4) is 0 Å². The van der Waals surface area contributed by atoms with Gasteiger partial charge in [-0.2, -0.15) is 5.10 Å². The number of amides is 2. The minimum atomic E-state index is -0.776. The van der Waals surface area contributed by atoms with E-state index in [1.54, 1.807) is 18.2 Å². The molecule has 2 amide bonds. The highest BCUT2D eigenvalue weighted by Crippen LogP contribution is 2.26. The second-order valence-electron chi connectivity index (χ2n) is 9.32. The molecule has 0 bridgehead atoms. The third kappa shape index (κ3) is 4.64. The maximum Gasteiger partial charge on any atom is 0.273 e. The fourth-order valence-corrected chi connectivity index (χ4v) is 3.63. The van der Waals surface area contributed by atoms with Crippen LogP contribution in [0.2, 0.25) is 0 Å². The summed E-state index contributed by atoms with van der Waals surface area (Å²) in [6, 6.07) is 9.62. The second-order valence-corrected chi connectivity index (χ2v) is 9.32. The van der Waals surface area contributed by atoms with Gasteiger partial charge in [0, 0.05) is 11.4 Å². The molecular weight excluding hydrogens is 414 g/mol. The average molecular weight is 440 g/mol. The van der Waals surface area contributed by atoms with Gasteiger partial charge in [-0.25, -0.2) is 8.78 Å². The summed E-state index contributed by atoms with van der Waals surface area (Å²) in [5, 5.41) is 10.5. The van der Waals surface area contributed by atoms with Crippen LogP contribution < -0.4 is 10.6 Å². The average Bonchev–Trinajstić information content (AvgIpc) is 3.46. The normalized spacial score (nSPS) is 14.9. The largest absolute Gasteiger partial charge is 0.352 e. The number of aromatic nitrogens is 2. The van der Waals surface area contributed by atoms with Gasteiger partial charge in [0.1, 0.15) is 23.2 Å². The van der Waals surface area contributed by atoms with Crippen molar-refractivity contribution in [3.63, 3.8) is 0 Å². The Morgan fingerprint density at radius 3 is 2.44 bits per heavy atom. The van der Waals surface area contributed by atoms with Gasteiger partial charge in [0.05, 0.1) is 6.54 Å². The van der Waals surface area contributed by atoms with Crippen LogP contribution >= 0.6 is 0 Å². The molecule has 2 N–H and O–H groups in total. The molecule has 0 unspecified atom stereocenters. The standard InChI is InChI=1S/C24H26F2N4O2/c1-24(2,3)21(23(32)27-16-11-12-16)28-22(31)19-17-5-4-6-18(26)20(17)30(29-19)13-14-7-9-15(25)10-8-14/h4-10,16,21H,11-13H2,1-3H3,(H,27,32)(H,28,31)/t21-/m1/s1. The molecule has 4 rings (SSSR count). The lowest BCUT2D eigenvalue weighted by atomic mass is 9.86. The molecule has 1 saturated carbocycles. The maximum absolute atomic E-state index is 14.7. The van der Waals surface area contributed by atoms with Crippen molar-refractivity contribution in [2.45, 2.75) is 52.2 Å². The number of nitrogens with one attached hydrogen (secondary N) is 2. The molecule has 2 aromatic carbocycles. The van der Waals surface area contributed by atoms with E-state index in [-0.39, 0.29) is 35.5 Å². The molecular formula is C24H26F2N4O2. The Bertz CT molecular complexity index is 1160. The Morgan fingerprint density at radius 1 is 1.12 bits per heavy atom. The van der Waals surface area contributed by atoms with Crippen molar-refractivity contribution in [1.29, 1.82) is 0 Å². The van der Waals surface area contributed by atoms with Gasteiger partial charge in [-0.15, -0.1) is 0 Å². The van der Waals surface area contributed by atoms with E-state index >= 15 is 0 Å². The van der Waals surface area contributed by atoms with E-state index in [1.165, 1.54) is 28.9 Å². The molecule has 1 aromatic heterocycles. The third-order valence-electron chi connectivity index (χ3n) is 5.51. The van der Waals surface area contributed by atoms with E-state index in [4.69, 9.17) is 0 Å². The zero-order valence-electron chi connectivity index (χ0n) is 18.3. The van der Waals surface area contributed by atoms with Crippen LogP contribution in [-0.4, -0.2) is 33.7 Å². The van der Waals surface area contributed by atoms with Gasteiger partial charge in [0.2, 0.25) is 5.91 Å². The van der Waals surface area contributed by atoms with Crippen LogP contribution in [0.25, 0.3) is 10.9 Å². The summed E-state index contributed by atoms with van der Waals surface area (Å²) in [4.78, 5) is 26.0. The molecule has 168 valence electrons. The number of nitrogens with zero attached hydrogens (tertiary/aromatic N) is 2. The summed E-state index contributed by atoms with van der Waals surface area (Å²) in [5.74, 6) is -1.68. The number of rotatable bonds is 6. The maximum atomic E-state index is 14.7. The molecule has 0 radical (unpaired) electrons. The highest BCUT2D eigenvalue weighted by molar-refractivity contribution is 6.06. The molecule has 6 nitrogen and oxygen atoms in total. The van der Waals surface area contributed by atoms with E-state index in [9.17, 15) is 18.4 Å². The van der Waals surface area contributed by atoms with Crippen LogP contribution in [0, 0.1) is 17.0 Å². The summed E-state index contributed by atoms with van der Waals surface area (Å²) in [6.07, 6.45) is 1.88. The van der Waals surface area contributed by atoms with E-state index in [2.05, 4.69) is 15.7 Å². The summed E-state index contributed by atoms with van der Waals surface area (Å²) < 4.78 is 29.3. The molecule has 0 spiro atoms. The van der Waals surface area contributed by atoms with Crippen molar-refractivity contribution in [2.24, 2.45) is 5.41 Å². The van der Waals surface area contributed by atoms with Crippen LogP contribution in [0.1, 0.15) is 49.7 Å². The molecule has 1 aliphatic carbocycles. The first-order valence-corrected chi connectivity index (χ1v) is 10.6. The molecule has 1 heterocycles. The Kier molecular flexibility index (Phi) is 5.71. The zero-order chi connectivity index (χ0) is 23.0. The van der Waals surface area contributed by atoms with Crippen molar-refractivity contribution < 1.29 is 18.4 Å². The first-order valence-electron chi connectivity index (χ1n) is 10.6. The predicted molar refractivity (Wildman–Crippen MR) is 117 cm³/mol. The Labute approximate surface area is 185 Å². The predicted octanol–water partition coefficient (Wildman–Crippen LogP) is 3.79. The van der Waals surface area contributed by atoms with Gasteiger partial charge in [-0.3, -0.25) is 14.3 Å². The van der Waals surface area contributed by atoms with Crippen LogP contribution in [0.3, 0.4) is 0 Å². The van der Waals surface area contributed by atoms with Gasteiger partial charge in [-0.1, -0.05) is 45.0 Å². The highest BCUT2D eigenvalue weighted by atomic mass is 19.1. The fraction of sp³-hybridized carbons (Fsp3) is 0.375. The van der Waals surface area contributed by atoms with E-state index in [1.807, 2.05) is 20.8 Å². The van der Waals surface area contributed by atoms with Gasteiger partial charge in [0.15, 0.2) is 5.69 Å². The number of hydrogen-bond donors (Lipinski definition) is 2. The lowest BCUT2D eigenvalue weighted by Crippen LogP contribution is -2.54. The number of carbonyl (C=O) groups excluding carboxylic acids is 2. The number of fused-ring (bicyclic) bond motifs is 1. The summed E-state index contributed by atoms with van der Waals surface area (Å²) >= 11 is 0. The minimum absolute atomic E-state index is 0.0371. The van der Waals surface area contributed by atoms with E-state index in [0.717, 1.165) is 12.8 Å². The van der Waals surface area contributed by atoms with Crippen LogP contribution in [0.5, 0.6) is 0 Å². The first-order chi connectivity index (χ1) is 15.1. The summed E-state index contributed by atoms with van der Waals surface area (Å²) in [6.45, 7) is 5.77. The topological polar surface area (TPSA) is 76.0 Å². The number of carbonyl (C=O) groups is 2. The number of halogens is 2. The first kappa shape index (κ1) is 21.9. The van der Waals surface area contributed by atoms with Crippen molar-refractivity contribution in [3.05, 3.63) is 65.4 Å². The Balaban J connectivity index is 1.66.